The normalized spacial score (nSPS) is 14.6. The summed E-state index contributed by atoms with van der Waals surface area (Å²) in [5.41, 5.74) is 2.19. The molecule has 170 valence electrons. The molecule has 2 heterocycles. The topological polar surface area (TPSA) is 104 Å². The van der Waals surface area contributed by atoms with Crippen molar-refractivity contribution in [2.45, 2.75) is 18.7 Å². The molecule has 4 rings (SSSR count). The number of hydrogen-bond donors (Lipinski definition) is 0. The van der Waals surface area contributed by atoms with Crippen LogP contribution in [0.3, 0.4) is 0 Å². The molecule has 0 spiro atoms. The van der Waals surface area contributed by atoms with Crippen molar-refractivity contribution in [2.24, 2.45) is 0 Å². The average molecular weight is 466 g/mol. The molecule has 33 heavy (non-hydrogen) atoms. The Morgan fingerprint density at radius 2 is 1.73 bits per heavy atom. The maximum atomic E-state index is 13.5. The lowest BCUT2D eigenvalue weighted by atomic mass is 10.1. The van der Waals surface area contributed by atoms with Crippen LogP contribution in [0.5, 0.6) is 11.5 Å². The number of carbonyl (C=O) groups is 1. The minimum Gasteiger partial charge on any atom is -0.459 e. The number of nitriles is 1. The van der Waals surface area contributed by atoms with Crippen LogP contribution in [0.25, 0.3) is 0 Å². The number of amides is 1. The summed E-state index contributed by atoms with van der Waals surface area (Å²) in [4.78, 5) is 14.0. The van der Waals surface area contributed by atoms with Gasteiger partial charge in [0.05, 0.1) is 17.9 Å². The van der Waals surface area contributed by atoms with Gasteiger partial charge in [-0.2, -0.15) is 9.57 Å². The number of aryl methyl sites for hydroxylation is 2. The van der Waals surface area contributed by atoms with Crippen LogP contribution in [0.1, 0.15) is 27.2 Å². The Morgan fingerprint density at radius 3 is 2.33 bits per heavy atom. The Labute approximate surface area is 192 Å². The van der Waals surface area contributed by atoms with E-state index in [4.69, 9.17) is 9.15 Å². The first-order chi connectivity index (χ1) is 15.8. The first kappa shape index (κ1) is 22.6. The van der Waals surface area contributed by atoms with Gasteiger partial charge in [-0.25, -0.2) is 8.42 Å². The van der Waals surface area contributed by atoms with Crippen LogP contribution in [0.4, 0.5) is 0 Å². The second-order valence-electron chi connectivity index (χ2n) is 7.87. The molecule has 1 fully saturated rings. The Balaban J connectivity index is 1.59. The smallest absolute Gasteiger partial charge is 0.289 e. The lowest BCUT2D eigenvalue weighted by Crippen LogP contribution is -2.50. The molecule has 9 heteroatoms. The van der Waals surface area contributed by atoms with Gasteiger partial charge in [-0.3, -0.25) is 4.79 Å². The Bertz CT molecular complexity index is 1300. The summed E-state index contributed by atoms with van der Waals surface area (Å²) in [6.45, 7) is 4.55. The van der Waals surface area contributed by atoms with E-state index in [-0.39, 0.29) is 54.1 Å². The molecule has 1 amide bonds. The molecule has 1 aliphatic rings. The van der Waals surface area contributed by atoms with Gasteiger partial charge in [-0.05, 0) is 67.4 Å². The molecule has 1 aromatic heterocycles. The molecule has 2 aromatic carbocycles. The van der Waals surface area contributed by atoms with Crippen molar-refractivity contribution < 1.29 is 22.4 Å². The van der Waals surface area contributed by atoms with Crippen molar-refractivity contribution in [3.8, 4) is 17.6 Å². The second-order valence-corrected chi connectivity index (χ2v) is 9.78. The molecule has 0 bridgehead atoms. The SMILES string of the molecule is Cc1cc(C)cc(Oc2ccc(C#N)cc2S(=O)(=O)N2CCN(C(=O)c3ccco3)CC2)c1. The van der Waals surface area contributed by atoms with E-state index in [1.807, 2.05) is 38.1 Å². The number of carbonyl (C=O) groups excluding carboxylic acids is 1. The lowest BCUT2D eigenvalue weighted by molar-refractivity contribution is 0.0666. The van der Waals surface area contributed by atoms with Gasteiger partial charge >= 0.3 is 0 Å². The van der Waals surface area contributed by atoms with E-state index in [2.05, 4.69) is 0 Å². The second kappa shape index (κ2) is 9.10. The third-order valence-electron chi connectivity index (χ3n) is 5.37. The fourth-order valence-corrected chi connectivity index (χ4v) is 5.37. The van der Waals surface area contributed by atoms with Gasteiger partial charge in [-0.15, -0.1) is 0 Å². The molecule has 0 aliphatic carbocycles. The maximum Gasteiger partial charge on any atom is 0.289 e. The zero-order valence-electron chi connectivity index (χ0n) is 18.3. The largest absolute Gasteiger partial charge is 0.459 e. The minimum atomic E-state index is -3.97. The quantitative estimate of drug-likeness (QED) is 0.569. The van der Waals surface area contributed by atoms with Gasteiger partial charge in [0.1, 0.15) is 16.4 Å². The van der Waals surface area contributed by atoms with Gasteiger partial charge in [0.2, 0.25) is 10.0 Å². The van der Waals surface area contributed by atoms with E-state index in [1.165, 1.54) is 28.8 Å². The summed E-state index contributed by atoms with van der Waals surface area (Å²) in [5, 5.41) is 9.33. The van der Waals surface area contributed by atoms with Crippen molar-refractivity contribution in [2.75, 3.05) is 26.2 Å². The number of ether oxygens (including phenoxy) is 1. The Morgan fingerprint density at radius 1 is 1.03 bits per heavy atom. The fourth-order valence-electron chi connectivity index (χ4n) is 3.81. The fraction of sp³-hybridized carbons (Fsp3) is 0.250. The molecule has 0 saturated carbocycles. The van der Waals surface area contributed by atoms with Crippen LogP contribution in [0.15, 0.2) is 64.1 Å². The van der Waals surface area contributed by atoms with E-state index in [9.17, 15) is 18.5 Å². The monoisotopic (exact) mass is 465 g/mol. The summed E-state index contributed by atoms with van der Waals surface area (Å²) in [5.74, 6) is 0.607. The zero-order chi connectivity index (χ0) is 23.6. The summed E-state index contributed by atoms with van der Waals surface area (Å²) in [7, 11) is -3.97. The average Bonchev–Trinajstić information content (AvgIpc) is 3.33. The van der Waals surface area contributed by atoms with Crippen LogP contribution >= 0.6 is 0 Å². The summed E-state index contributed by atoms with van der Waals surface area (Å²) in [6, 6.07) is 15.2. The molecule has 0 N–H and O–H groups in total. The van der Waals surface area contributed by atoms with Crippen molar-refractivity contribution in [3.63, 3.8) is 0 Å². The highest BCUT2D eigenvalue weighted by atomic mass is 32.2. The molecular formula is C24H23N3O5S. The van der Waals surface area contributed by atoms with E-state index in [0.717, 1.165) is 11.1 Å². The van der Waals surface area contributed by atoms with Crippen molar-refractivity contribution >= 4 is 15.9 Å². The summed E-state index contributed by atoms with van der Waals surface area (Å²) in [6.07, 6.45) is 1.42. The predicted octanol–water partition coefficient (Wildman–Crippen LogP) is 3.71. The molecule has 1 aliphatic heterocycles. The first-order valence-electron chi connectivity index (χ1n) is 10.4. The van der Waals surface area contributed by atoms with Gasteiger partial charge in [0, 0.05) is 26.2 Å². The highest BCUT2D eigenvalue weighted by molar-refractivity contribution is 7.89. The van der Waals surface area contributed by atoms with Crippen molar-refractivity contribution in [3.05, 3.63) is 77.2 Å². The number of piperazine rings is 1. The standard InChI is InChI=1S/C24H23N3O5S/c1-17-12-18(2)14-20(13-17)32-21-6-5-19(16-25)15-23(21)33(29,30)27-9-7-26(8-10-27)24(28)22-4-3-11-31-22/h3-6,11-15H,7-10H2,1-2H3. The molecule has 8 nitrogen and oxygen atoms in total. The van der Waals surface area contributed by atoms with Gasteiger partial charge in [-0.1, -0.05) is 6.07 Å². The van der Waals surface area contributed by atoms with E-state index < -0.39 is 10.0 Å². The Hall–Kier alpha value is -3.61. The van der Waals surface area contributed by atoms with Gasteiger partial charge < -0.3 is 14.1 Å². The van der Waals surface area contributed by atoms with Crippen LogP contribution in [0.2, 0.25) is 0 Å². The predicted molar refractivity (Wildman–Crippen MR) is 121 cm³/mol. The van der Waals surface area contributed by atoms with Crippen LogP contribution < -0.4 is 4.74 Å². The number of nitrogens with zero attached hydrogens (tertiary/aromatic N) is 3. The number of rotatable bonds is 5. The maximum absolute atomic E-state index is 13.5. The van der Waals surface area contributed by atoms with E-state index in [1.54, 1.807) is 17.0 Å². The molecule has 3 aromatic rings. The molecule has 1 saturated heterocycles. The number of benzene rings is 2. The summed E-state index contributed by atoms with van der Waals surface area (Å²) >= 11 is 0. The van der Waals surface area contributed by atoms with E-state index in [0.29, 0.717) is 5.75 Å². The molecular weight excluding hydrogens is 442 g/mol. The van der Waals surface area contributed by atoms with Crippen LogP contribution in [-0.2, 0) is 10.0 Å². The first-order valence-corrected chi connectivity index (χ1v) is 11.8. The van der Waals surface area contributed by atoms with Crippen LogP contribution in [-0.4, -0.2) is 49.7 Å². The van der Waals surface area contributed by atoms with Crippen molar-refractivity contribution in [1.82, 2.24) is 9.21 Å². The van der Waals surface area contributed by atoms with Crippen molar-refractivity contribution in [1.29, 1.82) is 5.26 Å². The summed E-state index contributed by atoms with van der Waals surface area (Å²) < 4.78 is 39.5. The molecule has 0 unspecified atom stereocenters. The third-order valence-corrected chi connectivity index (χ3v) is 7.29. The lowest BCUT2D eigenvalue weighted by Gasteiger charge is -2.33. The van der Waals surface area contributed by atoms with E-state index >= 15 is 0 Å². The minimum absolute atomic E-state index is 0.0773. The van der Waals surface area contributed by atoms with Gasteiger partial charge in [0.15, 0.2) is 5.76 Å². The molecule has 0 atom stereocenters. The number of furan rings is 1. The van der Waals surface area contributed by atoms with Gasteiger partial charge in [0.25, 0.3) is 5.91 Å². The highest BCUT2D eigenvalue weighted by Gasteiger charge is 2.33. The highest BCUT2D eigenvalue weighted by Crippen LogP contribution is 2.33. The van der Waals surface area contributed by atoms with Crippen LogP contribution in [0, 0.1) is 25.2 Å². The Kier molecular flexibility index (Phi) is 6.22. The zero-order valence-corrected chi connectivity index (χ0v) is 19.1. The number of sulfonamides is 1. The third kappa shape index (κ3) is 4.77. The number of hydrogen-bond acceptors (Lipinski definition) is 6. The molecule has 0 radical (unpaired) electrons.